The molecule has 2 rings (SSSR count). The lowest BCUT2D eigenvalue weighted by atomic mass is 10.2. The highest BCUT2D eigenvalue weighted by Crippen LogP contribution is 2.19. The smallest absolute Gasteiger partial charge is 0.319 e. The first kappa shape index (κ1) is 16.0. The molecule has 1 aromatic carbocycles. The lowest BCUT2D eigenvalue weighted by molar-refractivity contribution is 0.103. The van der Waals surface area contributed by atoms with Gasteiger partial charge in [-0.05, 0) is 62.0 Å². The summed E-state index contributed by atoms with van der Waals surface area (Å²) in [5, 5.41) is 10.2. The number of carbonyl (C=O) groups is 2. The summed E-state index contributed by atoms with van der Waals surface area (Å²) in [6.45, 7) is 5.70. The molecule has 0 aliphatic heterocycles. The molecule has 0 saturated carbocycles. The molecule has 6 heteroatoms. The average Bonchev–Trinajstić information content (AvgIpc) is 2.86. The Kier molecular flexibility index (Phi) is 5.16. The lowest BCUT2D eigenvalue weighted by Crippen LogP contribution is -2.34. The van der Waals surface area contributed by atoms with Crippen LogP contribution in [0.2, 0.25) is 0 Å². The third-order valence-electron chi connectivity index (χ3n) is 2.89. The maximum Gasteiger partial charge on any atom is 0.319 e. The molecule has 0 atom stereocenters. The Balaban J connectivity index is 1.96. The van der Waals surface area contributed by atoms with Gasteiger partial charge in [-0.15, -0.1) is 11.3 Å². The quantitative estimate of drug-likeness (QED) is 0.802. The number of benzene rings is 1. The summed E-state index contributed by atoms with van der Waals surface area (Å²) < 4.78 is 0. The molecule has 0 unspecified atom stereocenters. The van der Waals surface area contributed by atoms with E-state index in [4.69, 9.17) is 0 Å². The number of amides is 3. The van der Waals surface area contributed by atoms with Crippen LogP contribution in [0.4, 0.5) is 16.2 Å². The molecule has 0 fully saturated rings. The molecule has 5 nitrogen and oxygen atoms in total. The molecule has 0 aliphatic rings. The fourth-order valence-electron chi connectivity index (χ4n) is 1.86. The molecule has 116 valence electrons. The second-order valence-electron chi connectivity index (χ2n) is 5.22. The standard InChI is InChI=1S/C16H19N3O2S/c1-10(2)17-16(21)19-13-6-4-12(5-7-13)18-15(20)14-11(3)8-9-22-14/h4-10H,1-3H3,(H,18,20)(H2,17,19,21). The molecule has 2 aromatic rings. The van der Waals surface area contributed by atoms with Gasteiger partial charge >= 0.3 is 6.03 Å². The summed E-state index contributed by atoms with van der Waals surface area (Å²) in [7, 11) is 0. The number of thiophene rings is 1. The van der Waals surface area contributed by atoms with Gasteiger partial charge in [-0.2, -0.15) is 0 Å². The molecule has 1 heterocycles. The van der Waals surface area contributed by atoms with E-state index in [0.29, 0.717) is 16.3 Å². The Labute approximate surface area is 133 Å². The van der Waals surface area contributed by atoms with Crippen molar-refractivity contribution in [1.82, 2.24) is 5.32 Å². The van der Waals surface area contributed by atoms with E-state index in [1.54, 1.807) is 24.3 Å². The Morgan fingerprint density at radius 2 is 1.59 bits per heavy atom. The third kappa shape index (κ3) is 4.33. The van der Waals surface area contributed by atoms with E-state index in [1.165, 1.54) is 11.3 Å². The molecule has 1 aromatic heterocycles. The minimum absolute atomic E-state index is 0.0765. The van der Waals surface area contributed by atoms with Crippen molar-refractivity contribution in [1.29, 1.82) is 0 Å². The number of hydrogen-bond acceptors (Lipinski definition) is 3. The fraction of sp³-hybridized carbons (Fsp3) is 0.250. The van der Waals surface area contributed by atoms with Crippen LogP contribution in [0, 0.1) is 6.92 Å². The summed E-state index contributed by atoms with van der Waals surface area (Å²) in [5.41, 5.74) is 2.32. The van der Waals surface area contributed by atoms with Gasteiger partial charge < -0.3 is 16.0 Å². The van der Waals surface area contributed by atoms with Crippen LogP contribution in [0.5, 0.6) is 0 Å². The topological polar surface area (TPSA) is 70.2 Å². The summed E-state index contributed by atoms with van der Waals surface area (Å²) in [5.74, 6) is -0.120. The number of rotatable bonds is 4. The Morgan fingerprint density at radius 1 is 1.00 bits per heavy atom. The molecule has 0 spiro atoms. The van der Waals surface area contributed by atoms with Crippen LogP contribution in [-0.4, -0.2) is 18.0 Å². The second kappa shape index (κ2) is 7.09. The maximum atomic E-state index is 12.1. The van der Waals surface area contributed by atoms with Crippen molar-refractivity contribution >= 4 is 34.6 Å². The van der Waals surface area contributed by atoms with Crippen LogP contribution in [0.3, 0.4) is 0 Å². The van der Waals surface area contributed by atoms with Gasteiger partial charge in [0.25, 0.3) is 5.91 Å². The van der Waals surface area contributed by atoms with Crippen molar-refractivity contribution in [3.05, 3.63) is 46.2 Å². The predicted octanol–water partition coefficient (Wildman–Crippen LogP) is 3.84. The SMILES string of the molecule is Cc1ccsc1C(=O)Nc1ccc(NC(=O)NC(C)C)cc1. The van der Waals surface area contributed by atoms with Gasteiger partial charge in [-0.3, -0.25) is 4.79 Å². The van der Waals surface area contributed by atoms with Crippen molar-refractivity contribution in [3.63, 3.8) is 0 Å². The largest absolute Gasteiger partial charge is 0.336 e. The Bertz CT molecular complexity index is 662. The minimum atomic E-state index is -0.249. The number of aryl methyl sites for hydroxylation is 1. The van der Waals surface area contributed by atoms with Crippen LogP contribution < -0.4 is 16.0 Å². The molecular weight excluding hydrogens is 298 g/mol. The van der Waals surface area contributed by atoms with Crippen molar-refractivity contribution in [3.8, 4) is 0 Å². The van der Waals surface area contributed by atoms with Gasteiger partial charge in [0, 0.05) is 17.4 Å². The lowest BCUT2D eigenvalue weighted by Gasteiger charge is -2.11. The summed E-state index contributed by atoms with van der Waals surface area (Å²) in [4.78, 5) is 24.4. The molecule has 22 heavy (non-hydrogen) atoms. The van der Waals surface area contributed by atoms with Crippen molar-refractivity contribution in [2.24, 2.45) is 0 Å². The van der Waals surface area contributed by atoms with E-state index in [1.807, 2.05) is 32.2 Å². The van der Waals surface area contributed by atoms with E-state index in [2.05, 4.69) is 16.0 Å². The van der Waals surface area contributed by atoms with Crippen LogP contribution in [0.1, 0.15) is 29.1 Å². The second-order valence-corrected chi connectivity index (χ2v) is 6.13. The normalized spacial score (nSPS) is 10.4. The van der Waals surface area contributed by atoms with Gasteiger partial charge in [0.1, 0.15) is 0 Å². The van der Waals surface area contributed by atoms with E-state index in [0.717, 1.165) is 5.56 Å². The van der Waals surface area contributed by atoms with E-state index in [-0.39, 0.29) is 18.0 Å². The van der Waals surface area contributed by atoms with Gasteiger partial charge in [0.05, 0.1) is 4.88 Å². The zero-order valence-electron chi connectivity index (χ0n) is 12.8. The molecule has 3 amide bonds. The molecule has 0 aliphatic carbocycles. The van der Waals surface area contributed by atoms with Gasteiger partial charge in [0.15, 0.2) is 0 Å². The number of hydrogen-bond donors (Lipinski definition) is 3. The van der Waals surface area contributed by atoms with Crippen LogP contribution >= 0.6 is 11.3 Å². The predicted molar refractivity (Wildman–Crippen MR) is 90.7 cm³/mol. The van der Waals surface area contributed by atoms with E-state index < -0.39 is 0 Å². The summed E-state index contributed by atoms with van der Waals surface area (Å²) in [6, 6.07) is 8.75. The number of carbonyl (C=O) groups excluding carboxylic acids is 2. The highest BCUT2D eigenvalue weighted by atomic mass is 32.1. The fourth-order valence-corrected chi connectivity index (χ4v) is 2.68. The van der Waals surface area contributed by atoms with Crippen LogP contribution in [0.15, 0.2) is 35.7 Å². The summed E-state index contributed by atoms with van der Waals surface area (Å²) >= 11 is 1.42. The first-order valence-corrected chi connectivity index (χ1v) is 7.86. The number of nitrogens with one attached hydrogen (secondary N) is 3. The highest BCUT2D eigenvalue weighted by Gasteiger charge is 2.10. The monoisotopic (exact) mass is 317 g/mol. The highest BCUT2D eigenvalue weighted by molar-refractivity contribution is 7.12. The van der Waals surface area contributed by atoms with Crippen molar-refractivity contribution in [2.75, 3.05) is 10.6 Å². The van der Waals surface area contributed by atoms with Crippen molar-refractivity contribution < 1.29 is 9.59 Å². The maximum absolute atomic E-state index is 12.1. The number of urea groups is 1. The minimum Gasteiger partial charge on any atom is -0.336 e. The molecule has 0 saturated heterocycles. The first-order chi connectivity index (χ1) is 10.5. The van der Waals surface area contributed by atoms with Crippen LogP contribution in [0.25, 0.3) is 0 Å². The zero-order chi connectivity index (χ0) is 16.1. The Hall–Kier alpha value is -2.34. The molecule has 0 bridgehead atoms. The molecular formula is C16H19N3O2S. The van der Waals surface area contributed by atoms with Crippen molar-refractivity contribution in [2.45, 2.75) is 26.8 Å². The average molecular weight is 317 g/mol. The first-order valence-electron chi connectivity index (χ1n) is 6.98. The van der Waals surface area contributed by atoms with Gasteiger partial charge in [-0.1, -0.05) is 0 Å². The van der Waals surface area contributed by atoms with Crippen LogP contribution in [-0.2, 0) is 0 Å². The zero-order valence-corrected chi connectivity index (χ0v) is 13.6. The van der Waals surface area contributed by atoms with E-state index >= 15 is 0 Å². The molecule has 0 radical (unpaired) electrons. The third-order valence-corrected chi connectivity index (χ3v) is 3.90. The van der Waals surface area contributed by atoms with Gasteiger partial charge in [-0.25, -0.2) is 4.79 Å². The Morgan fingerprint density at radius 3 is 2.09 bits per heavy atom. The molecule has 3 N–H and O–H groups in total. The number of anilines is 2. The van der Waals surface area contributed by atoms with Gasteiger partial charge in [0.2, 0.25) is 0 Å². The van der Waals surface area contributed by atoms with E-state index in [9.17, 15) is 9.59 Å². The summed E-state index contributed by atoms with van der Waals surface area (Å²) in [6.07, 6.45) is 0.